The Kier molecular flexibility index (Phi) is 59.4. The predicted molar refractivity (Wildman–Crippen MR) is 310 cm³/mol. The van der Waals surface area contributed by atoms with Crippen LogP contribution in [0.3, 0.4) is 0 Å². The van der Waals surface area contributed by atoms with Crippen molar-refractivity contribution in [1.29, 1.82) is 0 Å². The number of allylic oxidation sites excluding steroid dienone is 4. The van der Waals surface area contributed by atoms with E-state index >= 15 is 0 Å². The number of aliphatic hydroxyl groups excluding tert-OH is 3. The van der Waals surface area contributed by atoms with Crippen molar-refractivity contribution in [2.45, 2.75) is 379 Å². The number of unbranched alkanes of at least 4 members (excludes halogenated alkanes) is 48. The molecule has 1 amide bonds. The molecule has 0 aliphatic rings. The van der Waals surface area contributed by atoms with E-state index in [1.54, 1.807) is 0 Å². The lowest BCUT2D eigenvalue weighted by Crippen LogP contribution is -2.50. The van der Waals surface area contributed by atoms with E-state index in [1.165, 1.54) is 295 Å². The van der Waals surface area contributed by atoms with Crippen molar-refractivity contribution in [3.8, 4) is 0 Å². The van der Waals surface area contributed by atoms with Gasteiger partial charge in [0.25, 0.3) is 0 Å². The van der Waals surface area contributed by atoms with Crippen molar-refractivity contribution in [2.75, 3.05) is 6.61 Å². The third kappa shape index (κ3) is 54.6. The summed E-state index contributed by atoms with van der Waals surface area (Å²) >= 11 is 0. The van der Waals surface area contributed by atoms with E-state index in [-0.39, 0.29) is 12.5 Å². The summed E-state index contributed by atoms with van der Waals surface area (Å²) in [6.45, 7) is 4.21. The Labute approximate surface area is 439 Å². The molecule has 4 N–H and O–H groups in total. The molecule has 0 aliphatic carbocycles. The maximum atomic E-state index is 12.5. The Morgan fingerprint density at radius 3 is 0.829 bits per heavy atom. The standard InChI is InChI=1S/C65H127NO4/c1-3-5-7-9-11-13-15-17-19-21-23-24-25-26-27-28-29-30-31-32-33-34-35-36-37-38-39-40-42-44-46-48-50-52-54-56-58-60-64(69)66-62(61-67)65(70)63(68)59-57-55-53-51-49-47-45-43-41-22-20-18-16-14-12-10-8-6-4-2/h30-31,51,53,62-63,65,67-68,70H,3-29,32-50,52,54-61H2,1-2H3,(H,66,69)/b31-30-,53-51+. The van der Waals surface area contributed by atoms with Gasteiger partial charge in [0.1, 0.15) is 6.10 Å². The Balaban J connectivity index is 3.47. The minimum Gasteiger partial charge on any atom is -0.394 e. The highest BCUT2D eigenvalue weighted by Gasteiger charge is 2.26. The molecule has 0 saturated carbocycles. The fourth-order valence-electron chi connectivity index (χ4n) is 10.3. The molecule has 3 atom stereocenters. The van der Waals surface area contributed by atoms with E-state index in [1.807, 2.05) is 0 Å². The second-order valence-corrected chi connectivity index (χ2v) is 22.3. The van der Waals surface area contributed by atoms with E-state index in [0.717, 1.165) is 38.5 Å². The van der Waals surface area contributed by atoms with Crippen LogP contribution in [-0.2, 0) is 4.79 Å². The smallest absolute Gasteiger partial charge is 0.220 e. The van der Waals surface area contributed by atoms with Gasteiger partial charge in [-0.3, -0.25) is 4.79 Å². The van der Waals surface area contributed by atoms with Crippen LogP contribution in [0.15, 0.2) is 24.3 Å². The first-order valence-electron chi connectivity index (χ1n) is 32.1. The Morgan fingerprint density at radius 2 is 0.571 bits per heavy atom. The van der Waals surface area contributed by atoms with Crippen LogP contribution in [0.1, 0.15) is 361 Å². The van der Waals surface area contributed by atoms with Crippen LogP contribution in [0.4, 0.5) is 0 Å². The van der Waals surface area contributed by atoms with Crippen LogP contribution >= 0.6 is 0 Å². The first-order chi connectivity index (χ1) is 34.6. The van der Waals surface area contributed by atoms with Gasteiger partial charge in [-0.2, -0.15) is 0 Å². The summed E-state index contributed by atoms with van der Waals surface area (Å²) in [6.07, 6.45) is 78.1. The lowest BCUT2D eigenvalue weighted by atomic mass is 10.0. The monoisotopic (exact) mass is 986 g/mol. The van der Waals surface area contributed by atoms with Gasteiger partial charge in [-0.1, -0.05) is 314 Å². The van der Waals surface area contributed by atoms with Crippen LogP contribution in [-0.4, -0.2) is 46.1 Å². The molecule has 5 nitrogen and oxygen atoms in total. The number of hydrogen-bond donors (Lipinski definition) is 4. The number of amides is 1. The zero-order valence-corrected chi connectivity index (χ0v) is 47.7. The summed E-state index contributed by atoms with van der Waals surface area (Å²) in [5.41, 5.74) is 0. The van der Waals surface area contributed by atoms with Crippen molar-refractivity contribution >= 4 is 5.91 Å². The highest BCUT2D eigenvalue weighted by atomic mass is 16.3. The molecule has 416 valence electrons. The van der Waals surface area contributed by atoms with Crippen LogP contribution < -0.4 is 5.32 Å². The van der Waals surface area contributed by atoms with Crippen molar-refractivity contribution in [2.24, 2.45) is 0 Å². The SMILES string of the molecule is CCCCCCCCCCCCCCCC/C=C/CCCC(O)C(O)C(CO)NC(=O)CCCCCCCCCCCCCCCCCCC/C=C\CCCCCCCCCCCCCCCCCC. The van der Waals surface area contributed by atoms with Crippen LogP contribution in [0.2, 0.25) is 0 Å². The minimum atomic E-state index is -1.16. The van der Waals surface area contributed by atoms with Crippen molar-refractivity contribution < 1.29 is 20.1 Å². The molecule has 0 heterocycles. The molecule has 0 saturated heterocycles. The molecule has 0 aromatic heterocycles. The highest BCUT2D eigenvalue weighted by molar-refractivity contribution is 5.76. The fourth-order valence-corrected chi connectivity index (χ4v) is 10.3. The topological polar surface area (TPSA) is 89.8 Å². The van der Waals surface area contributed by atoms with Gasteiger partial charge in [0, 0.05) is 6.42 Å². The van der Waals surface area contributed by atoms with Gasteiger partial charge in [0.05, 0.1) is 18.8 Å². The van der Waals surface area contributed by atoms with Crippen LogP contribution in [0.5, 0.6) is 0 Å². The Hall–Kier alpha value is -1.17. The Bertz CT molecular complexity index is 1040. The molecular formula is C65H127NO4. The first kappa shape index (κ1) is 68.8. The first-order valence-corrected chi connectivity index (χ1v) is 32.1. The molecule has 0 rings (SSSR count). The van der Waals surface area contributed by atoms with Crippen LogP contribution in [0, 0.1) is 0 Å². The summed E-state index contributed by atoms with van der Waals surface area (Å²) in [4.78, 5) is 12.5. The summed E-state index contributed by atoms with van der Waals surface area (Å²) in [6, 6.07) is -0.825. The second kappa shape index (κ2) is 60.4. The van der Waals surface area contributed by atoms with Gasteiger partial charge >= 0.3 is 0 Å². The third-order valence-corrected chi connectivity index (χ3v) is 15.3. The third-order valence-electron chi connectivity index (χ3n) is 15.3. The molecule has 0 bridgehead atoms. The largest absolute Gasteiger partial charge is 0.394 e. The van der Waals surface area contributed by atoms with Crippen LogP contribution in [0.25, 0.3) is 0 Å². The maximum Gasteiger partial charge on any atom is 0.220 e. The molecule has 0 fully saturated rings. The van der Waals surface area contributed by atoms with Gasteiger partial charge in [-0.25, -0.2) is 0 Å². The lowest BCUT2D eigenvalue weighted by molar-refractivity contribution is -0.124. The fraction of sp³-hybridized carbons (Fsp3) is 0.923. The van der Waals surface area contributed by atoms with Gasteiger partial charge in [-0.15, -0.1) is 0 Å². The Morgan fingerprint density at radius 1 is 0.343 bits per heavy atom. The summed E-state index contributed by atoms with van der Waals surface area (Å²) in [5, 5.41) is 33.8. The number of aliphatic hydroxyl groups is 3. The molecular weight excluding hydrogens is 859 g/mol. The van der Waals surface area contributed by atoms with Gasteiger partial charge in [0.15, 0.2) is 0 Å². The summed E-state index contributed by atoms with van der Waals surface area (Å²) in [7, 11) is 0. The zero-order chi connectivity index (χ0) is 50.7. The second-order valence-electron chi connectivity index (χ2n) is 22.3. The van der Waals surface area contributed by atoms with E-state index < -0.39 is 18.2 Å². The average Bonchev–Trinajstić information content (AvgIpc) is 3.36. The quantitative estimate of drug-likeness (QED) is 0.0361. The number of carbonyl (C=O) groups excluding carboxylic acids is 1. The van der Waals surface area contributed by atoms with E-state index in [9.17, 15) is 20.1 Å². The van der Waals surface area contributed by atoms with Crippen molar-refractivity contribution in [3.05, 3.63) is 24.3 Å². The summed E-state index contributed by atoms with van der Waals surface area (Å²) in [5.74, 6) is -0.148. The average molecular weight is 987 g/mol. The normalized spacial score (nSPS) is 13.3. The van der Waals surface area contributed by atoms with Gasteiger partial charge in [-0.05, 0) is 64.2 Å². The predicted octanol–water partition coefficient (Wildman–Crippen LogP) is 20.4. The molecule has 0 aliphatic heterocycles. The molecule has 0 aromatic rings. The van der Waals surface area contributed by atoms with Gasteiger partial charge in [0.2, 0.25) is 5.91 Å². The minimum absolute atomic E-state index is 0.148. The zero-order valence-electron chi connectivity index (χ0n) is 47.7. The number of rotatable bonds is 60. The number of nitrogens with one attached hydrogen (secondary N) is 1. The van der Waals surface area contributed by atoms with Crippen molar-refractivity contribution in [1.82, 2.24) is 5.32 Å². The summed E-state index contributed by atoms with van der Waals surface area (Å²) < 4.78 is 0. The molecule has 5 heteroatoms. The lowest BCUT2D eigenvalue weighted by Gasteiger charge is -2.26. The van der Waals surface area contributed by atoms with E-state index in [2.05, 4.69) is 43.5 Å². The van der Waals surface area contributed by atoms with Gasteiger partial charge < -0.3 is 20.6 Å². The van der Waals surface area contributed by atoms with E-state index in [4.69, 9.17) is 0 Å². The number of carbonyl (C=O) groups is 1. The molecule has 0 spiro atoms. The highest BCUT2D eigenvalue weighted by Crippen LogP contribution is 2.18. The maximum absolute atomic E-state index is 12.5. The molecule has 0 radical (unpaired) electrons. The number of hydrogen-bond acceptors (Lipinski definition) is 4. The molecule has 70 heavy (non-hydrogen) atoms. The van der Waals surface area contributed by atoms with Crippen molar-refractivity contribution in [3.63, 3.8) is 0 Å². The molecule has 0 aromatic carbocycles. The molecule has 3 unspecified atom stereocenters. The van der Waals surface area contributed by atoms with E-state index in [0.29, 0.717) is 12.8 Å².